The molecule has 0 aromatic heterocycles. The smallest absolute Gasteiger partial charge is 0.0845 e. The Balaban J connectivity index is 2.99. The minimum absolute atomic E-state index is 0.156. The lowest BCUT2D eigenvalue weighted by Gasteiger charge is -2.37. The van der Waals surface area contributed by atoms with Crippen molar-refractivity contribution < 1.29 is 4.74 Å². The van der Waals surface area contributed by atoms with Crippen LogP contribution in [0.2, 0.25) is 0 Å². The Kier molecular flexibility index (Phi) is 5.83. The van der Waals surface area contributed by atoms with Crippen LogP contribution in [0.25, 0.3) is 0 Å². The van der Waals surface area contributed by atoms with Crippen LogP contribution in [-0.2, 0) is 11.2 Å². The lowest BCUT2D eigenvalue weighted by atomic mass is 9.87. The van der Waals surface area contributed by atoms with Gasteiger partial charge in [-0.15, -0.1) is 0 Å². The monoisotopic (exact) mass is 249 g/mol. The Bertz CT molecular complexity index is 347. The first-order chi connectivity index (χ1) is 8.61. The largest absolute Gasteiger partial charge is 0.374 e. The van der Waals surface area contributed by atoms with Gasteiger partial charge < -0.3 is 10.1 Å². The molecule has 2 unspecified atom stereocenters. The molecule has 0 saturated heterocycles. The minimum Gasteiger partial charge on any atom is -0.374 e. The van der Waals surface area contributed by atoms with Crippen molar-refractivity contribution in [3.05, 3.63) is 35.4 Å². The van der Waals surface area contributed by atoms with Crippen LogP contribution in [0.4, 0.5) is 0 Å². The van der Waals surface area contributed by atoms with Crippen molar-refractivity contribution >= 4 is 0 Å². The summed E-state index contributed by atoms with van der Waals surface area (Å²) in [5.41, 5.74) is 2.52. The van der Waals surface area contributed by atoms with Crippen LogP contribution in [0.1, 0.15) is 51.3 Å². The summed E-state index contributed by atoms with van der Waals surface area (Å²) in [4.78, 5) is 0. The van der Waals surface area contributed by atoms with E-state index in [1.54, 1.807) is 0 Å². The summed E-state index contributed by atoms with van der Waals surface area (Å²) < 4.78 is 5.98. The molecule has 0 aliphatic carbocycles. The lowest BCUT2D eigenvalue weighted by molar-refractivity contribution is -0.0546. The number of nitrogens with one attached hydrogen (secondary N) is 1. The van der Waals surface area contributed by atoms with Crippen LogP contribution < -0.4 is 5.32 Å². The molecule has 2 heteroatoms. The maximum absolute atomic E-state index is 5.98. The summed E-state index contributed by atoms with van der Waals surface area (Å²) in [5, 5.41) is 3.41. The van der Waals surface area contributed by atoms with E-state index < -0.39 is 0 Å². The normalized spacial score (nSPS) is 16.3. The van der Waals surface area contributed by atoms with Gasteiger partial charge in [-0.3, -0.25) is 0 Å². The fourth-order valence-electron chi connectivity index (χ4n) is 2.49. The zero-order valence-corrected chi connectivity index (χ0v) is 12.4. The van der Waals surface area contributed by atoms with Crippen LogP contribution in [0.5, 0.6) is 0 Å². The molecule has 1 N–H and O–H groups in total. The second kappa shape index (κ2) is 6.91. The van der Waals surface area contributed by atoms with E-state index in [-0.39, 0.29) is 11.6 Å². The molecule has 1 aromatic rings. The second-order valence-electron chi connectivity index (χ2n) is 4.92. The van der Waals surface area contributed by atoms with Crippen molar-refractivity contribution in [1.29, 1.82) is 0 Å². The molecule has 0 heterocycles. The summed E-state index contributed by atoms with van der Waals surface area (Å²) in [6.07, 6.45) is 2.07. The van der Waals surface area contributed by atoms with Crippen molar-refractivity contribution in [2.24, 2.45) is 0 Å². The quantitative estimate of drug-likeness (QED) is 0.795. The van der Waals surface area contributed by atoms with E-state index in [0.29, 0.717) is 0 Å². The predicted molar refractivity (Wildman–Crippen MR) is 77.9 cm³/mol. The molecule has 0 bridgehead atoms. The first kappa shape index (κ1) is 15.2. The van der Waals surface area contributed by atoms with E-state index in [1.165, 1.54) is 11.1 Å². The summed E-state index contributed by atoms with van der Waals surface area (Å²) in [6.45, 7) is 9.35. The van der Waals surface area contributed by atoms with Gasteiger partial charge in [-0.2, -0.15) is 0 Å². The fraction of sp³-hybridized carbons (Fsp3) is 0.625. The zero-order chi connectivity index (χ0) is 13.6. The van der Waals surface area contributed by atoms with Crippen molar-refractivity contribution in [3.8, 4) is 0 Å². The highest BCUT2D eigenvalue weighted by Crippen LogP contribution is 2.32. The number of aryl methyl sites for hydroxylation is 1. The van der Waals surface area contributed by atoms with Gasteiger partial charge in [0, 0.05) is 6.61 Å². The molecule has 0 radical (unpaired) electrons. The molecular weight excluding hydrogens is 222 g/mol. The second-order valence-corrected chi connectivity index (χ2v) is 4.92. The summed E-state index contributed by atoms with van der Waals surface area (Å²) in [6, 6.07) is 9.08. The van der Waals surface area contributed by atoms with Gasteiger partial charge >= 0.3 is 0 Å². The first-order valence-electron chi connectivity index (χ1n) is 7.01. The lowest BCUT2D eigenvalue weighted by Crippen LogP contribution is -2.42. The molecule has 0 aliphatic heterocycles. The predicted octanol–water partition coefficient (Wildman–Crippen LogP) is 3.71. The topological polar surface area (TPSA) is 21.3 Å². The Hall–Kier alpha value is -0.860. The molecule has 2 nitrogen and oxygen atoms in total. The Morgan fingerprint density at radius 2 is 1.78 bits per heavy atom. The molecule has 1 rings (SSSR count). The molecule has 0 spiro atoms. The van der Waals surface area contributed by atoms with Crippen molar-refractivity contribution in [3.63, 3.8) is 0 Å². The average Bonchev–Trinajstić information content (AvgIpc) is 2.40. The molecule has 18 heavy (non-hydrogen) atoms. The molecule has 102 valence electrons. The van der Waals surface area contributed by atoms with E-state index in [1.807, 2.05) is 7.05 Å². The maximum Gasteiger partial charge on any atom is 0.0845 e. The van der Waals surface area contributed by atoms with Gasteiger partial charge in [0.15, 0.2) is 0 Å². The van der Waals surface area contributed by atoms with Crippen molar-refractivity contribution in [2.75, 3.05) is 13.7 Å². The van der Waals surface area contributed by atoms with Gasteiger partial charge in [-0.05, 0) is 44.9 Å². The molecule has 2 atom stereocenters. The fourth-order valence-corrected chi connectivity index (χ4v) is 2.49. The summed E-state index contributed by atoms with van der Waals surface area (Å²) in [7, 11) is 2.01. The number of ether oxygens (including phenoxy) is 1. The SMILES string of the molecule is CCOC(C)(CC)C(NC)c1ccc(CC)cc1. The first-order valence-corrected chi connectivity index (χ1v) is 7.01. The summed E-state index contributed by atoms with van der Waals surface area (Å²) >= 11 is 0. The Morgan fingerprint density at radius 3 is 2.17 bits per heavy atom. The molecule has 0 aliphatic rings. The number of hydrogen-bond acceptors (Lipinski definition) is 2. The van der Waals surface area contributed by atoms with Gasteiger partial charge in [0.25, 0.3) is 0 Å². The number of benzene rings is 1. The average molecular weight is 249 g/mol. The van der Waals surface area contributed by atoms with Crippen LogP contribution in [0.15, 0.2) is 24.3 Å². The number of rotatable bonds is 7. The Labute approximate surface area is 112 Å². The minimum atomic E-state index is -0.156. The van der Waals surface area contributed by atoms with E-state index in [9.17, 15) is 0 Å². The zero-order valence-electron chi connectivity index (χ0n) is 12.4. The van der Waals surface area contributed by atoms with Gasteiger partial charge in [-0.25, -0.2) is 0 Å². The number of likely N-dealkylation sites (N-methyl/N-ethyl adjacent to an activating group) is 1. The van der Waals surface area contributed by atoms with Crippen LogP contribution in [-0.4, -0.2) is 19.3 Å². The van der Waals surface area contributed by atoms with E-state index in [4.69, 9.17) is 4.74 Å². The summed E-state index contributed by atoms with van der Waals surface area (Å²) in [5.74, 6) is 0. The van der Waals surface area contributed by atoms with E-state index >= 15 is 0 Å². The molecular formula is C16H27NO. The van der Waals surface area contributed by atoms with E-state index in [2.05, 4.69) is 57.3 Å². The molecule has 0 fully saturated rings. The molecule has 0 amide bonds. The standard InChI is InChI=1S/C16H27NO/c1-6-13-9-11-14(12-10-13)15(17-5)16(4,7-2)18-8-3/h9-12,15,17H,6-8H2,1-5H3. The highest BCUT2D eigenvalue weighted by atomic mass is 16.5. The van der Waals surface area contributed by atoms with E-state index in [0.717, 1.165) is 19.4 Å². The Morgan fingerprint density at radius 1 is 1.17 bits per heavy atom. The van der Waals surface area contributed by atoms with Crippen LogP contribution in [0, 0.1) is 0 Å². The van der Waals surface area contributed by atoms with Gasteiger partial charge in [-0.1, -0.05) is 38.1 Å². The third-order valence-electron chi connectivity index (χ3n) is 3.80. The highest BCUT2D eigenvalue weighted by molar-refractivity contribution is 5.27. The van der Waals surface area contributed by atoms with Gasteiger partial charge in [0.05, 0.1) is 11.6 Å². The molecule has 0 saturated carbocycles. The van der Waals surface area contributed by atoms with Gasteiger partial charge in [0.1, 0.15) is 0 Å². The third-order valence-corrected chi connectivity index (χ3v) is 3.80. The van der Waals surface area contributed by atoms with Crippen molar-refractivity contribution in [1.82, 2.24) is 5.32 Å². The highest BCUT2D eigenvalue weighted by Gasteiger charge is 2.33. The third kappa shape index (κ3) is 3.33. The number of hydrogen-bond donors (Lipinski definition) is 1. The molecule has 1 aromatic carbocycles. The maximum atomic E-state index is 5.98. The van der Waals surface area contributed by atoms with Crippen molar-refractivity contribution in [2.45, 2.75) is 52.2 Å². The van der Waals surface area contributed by atoms with Crippen LogP contribution >= 0.6 is 0 Å². The van der Waals surface area contributed by atoms with Crippen LogP contribution in [0.3, 0.4) is 0 Å². The van der Waals surface area contributed by atoms with Gasteiger partial charge in [0.2, 0.25) is 0 Å².